The Balaban J connectivity index is 1.65. The molecule has 0 aromatic heterocycles. The summed E-state index contributed by atoms with van der Waals surface area (Å²) in [6, 6.07) is 0.654. The molecule has 2 rings (SSSR count). The van der Waals surface area contributed by atoms with Crippen LogP contribution in [0.25, 0.3) is 0 Å². The summed E-state index contributed by atoms with van der Waals surface area (Å²) in [5.41, 5.74) is 0. The molecule has 0 heterocycles. The summed E-state index contributed by atoms with van der Waals surface area (Å²) in [5, 5.41) is 6.15. The highest BCUT2D eigenvalue weighted by molar-refractivity contribution is 5.74. The van der Waals surface area contributed by atoms with Crippen molar-refractivity contribution in [1.29, 1.82) is 0 Å². The fourth-order valence-corrected chi connectivity index (χ4v) is 3.00. The zero-order valence-corrected chi connectivity index (χ0v) is 11.0. The lowest BCUT2D eigenvalue weighted by Gasteiger charge is -2.29. The fraction of sp³-hybridized carbons (Fsp3) is 0.923. The predicted octanol–water partition coefficient (Wildman–Crippen LogP) is 1.82. The molecule has 0 saturated heterocycles. The minimum absolute atomic E-state index is 0.000910. The van der Waals surface area contributed by atoms with Gasteiger partial charge >= 0.3 is 6.03 Å². The lowest BCUT2D eigenvalue weighted by Crippen LogP contribution is -2.48. The Kier molecular flexibility index (Phi) is 5.26. The molecule has 0 atom stereocenters. The van der Waals surface area contributed by atoms with Crippen molar-refractivity contribution in [2.24, 2.45) is 5.90 Å². The molecule has 0 bridgehead atoms. The quantitative estimate of drug-likeness (QED) is 0.673. The molecule has 2 aliphatic carbocycles. The number of hydrogen-bond acceptors (Lipinski definition) is 3. The van der Waals surface area contributed by atoms with Crippen LogP contribution in [0.5, 0.6) is 0 Å². The predicted molar refractivity (Wildman–Crippen MR) is 69.9 cm³/mol. The molecular weight excluding hydrogens is 230 g/mol. The minimum atomic E-state index is -0.000910. The summed E-state index contributed by atoms with van der Waals surface area (Å²) in [6.45, 7) is 0. The van der Waals surface area contributed by atoms with Crippen molar-refractivity contribution in [2.45, 2.75) is 76.0 Å². The summed E-state index contributed by atoms with van der Waals surface area (Å²) in [6.07, 6.45) is 10.00. The molecule has 2 fully saturated rings. The molecule has 4 N–H and O–H groups in total. The molecule has 5 heteroatoms. The van der Waals surface area contributed by atoms with Crippen LogP contribution < -0.4 is 16.5 Å². The lowest BCUT2D eigenvalue weighted by atomic mass is 9.93. The number of carbonyl (C=O) groups excluding carboxylic acids is 1. The van der Waals surface area contributed by atoms with Gasteiger partial charge in [0.2, 0.25) is 0 Å². The van der Waals surface area contributed by atoms with Crippen LogP contribution in [0, 0.1) is 0 Å². The van der Waals surface area contributed by atoms with Crippen molar-refractivity contribution in [3.63, 3.8) is 0 Å². The summed E-state index contributed by atoms with van der Waals surface area (Å²) in [4.78, 5) is 16.7. The molecule has 0 aromatic carbocycles. The van der Waals surface area contributed by atoms with Crippen molar-refractivity contribution in [2.75, 3.05) is 0 Å². The van der Waals surface area contributed by atoms with E-state index in [9.17, 15) is 4.79 Å². The smallest absolute Gasteiger partial charge is 0.315 e. The van der Waals surface area contributed by atoms with Gasteiger partial charge in [0.05, 0.1) is 6.10 Å². The van der Waals surface area contributed by atoms with E-state index in [1.165, 1.54) is 19.3 Å². The first-order chi connectivity index (χ1) is 8.78. The van der Waals surface area contributed by atoms with E-state index >= 15 is 0 Å². The van der Waals surface area contributed by atoms with Crippen molar-refractivity contribution >= 4 is 6.03 Å². The maximum atomic E-state index is 11.9. The van der Waals surface area contributed by atoms with E-state index in [4.69, 9.17) is 10.7 Å². The van der Waals surface area contributed by atoms with Gasteiger partial charge in [0, 0.05) is 12.1 Å². The molecule has 0 aromatic rings. The Hall–Kier alpha value is -0.810. The van der Waals surface area contributed by atoms with Gasteiger partial charge in [-0.05, 0) is 38.5 Å². The molecular formula is C13H25N3O2. The number of nitrogens with one attached hydrogen (secondary N) is 2. The highest BCUT2D eigenvalue weighted by Crippen LogP contribution is 2.20. The Morgan fingerprint density at radius 1 is 0.889 bits per heavy atom. The first-order valence-corrected chi connectivity index (χ1v) is 7.20. The van der Waals surface area contributed by atoms with Gasteiger partial charge in [-0.2, -0.15) is 0 Å². The first-order valence-electron chi connectivity index (χ1n) is 7.20. The van der Waals surface area contributed by atoms with Crippen LogP contribution in [0.2, 0.25) is 0 Å². The van der Waals surface area contributed by atoms with Gasteiger partial charge in [-0.3, -0.25) is 0 Å². The summed E-state index contributed by atoms with van der Waals surface area (Å²) in [7, 11) is 0. The topological polar surface area (TPSA) is 76.4 Å². The standard InChI is InChI=1S/C13H25N3O2/c14-18-12-8-6-11(7-9-12)16-13(17)15-10-4-2-1-3-5-10/h10-12H,1-9,14H2,(H2,15,16,17). The SMILES string of the molecule is NOC1CCC(NC(=O)NC2CCCCC2)CC1. The van der Waals surface area contributed by atoms with Crippen LogP contribution in [0.3, 0.4) is 0 Å². The second-order valence-electron chi connectivity index (χ2n) is 5.56. The molecule has 0 spiro atoms. The lowest BCUT2D eigenvalue weighted by molar-refractivity contribution is 0.0226. The van der Waals surface area contributed by atoms with Crippen LogP contribution >= 0.6 is 0 Å². The number of carbonyl (C=O) groups is 1. The second-order valence-corrected chi connectivity index (χ2v) is 5.56. The van der Waals surface area contributed by atoms with Gasteiger partial charge in [0.25, 0.3) is 0 Å². The third-order valence-corrected chi connectivity index (χ3v) is 4.14. The molecule has 0 aliphatic heterocycles. The van der Waals surface area contributed by atoms with Crippen molar-refractivity contribution < 1.29 is 9.63 Å². The van der Waals surface area contributed by atoms with Crippen molar-refractivity contribution in [1.82, 2.24) is 10.6 Å². The molecule has 5 nitrogen and oxygen atoms in total. The van der Waals surface area contributed by atoms with E-state index in [2.05, 4.69) is 10.6 Å². The monoisotopic (exact) mass is 255 g/mol. The Labute approximate surface area is 109 Å². The van der Waals surface area contributed by atoms with E-state index in [0.717, 1.165) is 38.5 Å². The van der Waals surface area contributed by atoms with Crippen molar-refractivity contribution in [3.05, 3.63) is 0 Å². The third kappa shape index (κ3) is 4.14. The number of urea groups is 1. The number of amides is 2. The summed E-state index contributed by atoms with van der Waals surface area (Å²) >= 11 is 0. The van der Waals surface area contributed by atoms with E-state index in [1.807, 2.05) is 0 Å². The number of hydrogen-bond donors (Lipinski definition) is 3. The van der Waals surface area contributed by atoms with Gasteiger partial charge in [0.1, 0.15) is 0 Å². The maximum absolute atomic E-state index is 11.9. The fourth-order valence-electron chi connectivity index (χ4n) is 3.00. The van der Waals surface area contributed by atoms with Gasteiger partial charge in [-0.1, -0.05) is 19.3 Å². The highest BCUT2D eigenvalue weighted by Gasteiger charge is 2.23. The molecule has 0 unspecified atom stereocenters. The molecule has 2 saturated carbocycles. The molecule has 2 amide bonds. The van der Waals surface area contributed by atoms with E-state index in [0.29, 0.717) is 6.04 Å². The molecule has 0 radical (unpaired) electrons. The van der Waals surface area contributed by atoms with E-state index in [-0.39, 0.29) is 18.2 Å². The van der Waals surface area contributed by atoms with Gasteiger partial charge in [-0.15, -0.1) is 0 Å². The van der Waals surface area contributed by atoms with E-state index < -0.39 is 0 Å². The average molecular weight is 255 g/mol. The normalized spacial score (nSPS) is 29.8. The molecule has 18 heavy (non-hydrogen) atoms. The van der Waals surface area contributed by atoms with Crippen LogP contribution in [0.1, 0.15) is 57.8 Å². The summed E-state index contributed by atoms with van der Waals surface area (Å²) < 4.78 is 0. The zero-order valence-electron chi connectivity index (χ0n) is 11.0. The average Bonchev–Trinajstić information content (AvgIpc) is 2.40. The van der Waals surface area contributed by atoms with Gasteiger partial charge < -0.3 is 15.5 Å². The second kappa shape index (κ2) is 6.95. The van der Waals surface area contributed by atoms with Crippen LogP contribution in [-0.2, 0) is 4.84 Å². The number of nitrogens with two attached hydrogens (primary N) is 1. The third-order valence-electron chi connectivity index (χ3n) is 4.14. The largest absolute Gasteiger partial charge is 0.335 e. The Morgan fingerprint density at radius 2 is 1.44 bits per heavy atom. The summed E-state index contributed by atoms with van der Waals surface area (Å²) in [5.74, 6) is 5.17. The molecule has 2 aliphatic rings. The molecule has 104 valence electrons. The Morgan fingerprint density at radius 3 is 2.00 bits per heavy atom. The van der Waals surface area contributed by atoms with Gasteiger partial charge in [0.15, 0.2) is 0 Å². The van der Waals surface area contributed by atoms with Gasteiger partial charge in [-0.25, -0.2) is 10.7 Å². The van der Waals surface area contributed by atoms with Crippen LogP contribution in [-0.4, -0.2) is 24.2 Å². The Bertz CT molecular complexity index is 259. The van der Waals surface area contributed by atoms with E-state index in [1.54, 1.807) is 0 Å². The van der Waals surface area contributed by atoms with Crippen LogP contribution in [0.4, 0.5) is 4.79 Å². The van der Waals surface area contributed by atoms with Crippen LogP contribution in [0.15, 0.2) is 0 Å². The maximum Gasteiger partial charge on any atom is 0.315 e. The van der Waals surface area contributed by atoms with Crippen molar-refractivity contribution in [3.8, 4) is 0 Å². The first kappa shape index (κ1) is 13.6. The number of rotatable bonds is 3. The minimum Gasteiger partial charge on any atom is -0.335 e. The zero-order chi connectivity index (χ0) is 12.8. The highest BCUT2D eigenvalue weighted by atomic mass is 16.6.